The van der Waals surface area contributed by atoms with E-state index < -0.39 is 17.0 Å². The van der Waals surface area contributed by atoms with Crippen molar-refractivity contribution in [3.8, 4) is 0 Å². The van der Waals surface area contributed by atoms with Gasteiger partial charge in [0.15, 0.2) is 0 Å². The van der Waals surface area contributed by atoms with Crippen molar-refractivity contribution in [2.24, 2.45) is 24.8 Å². The highest BCUT2D eigenvalue weighted by Gasteiger charge is 2.53. The Hall–Kier alpha value is -1.96. The second-order valence-corrected chi connectivity index (χ2v) is 11.6. The number of hydrogen-bond donors (Lipinski definition) is 3. The Bertz CT molecular complexity index is 1080. The number of imidazole rings is 1. The fourth-order valence-corrected chi connectivity index (χ4v) is 7.01. The quantitative estimate of drug-likeness (QED) is 0.561. The Morgan fingerprint density at radius 3 is 2.47 bits per heavy atom. The van der Waals surface area contributed by atoms with E-state index in [9.17, 15) is 19.4 Å². The van der Waals surface area contributed by atoms with Gasteiger partial charge in [-0.25, -0.2) is 9.37 Å². The van der Waals surface area contributed by atoms with E-state index in [1.165, 1.54) is 18.2 Å². The largest absolute Gasteiger partial charge is 0.390 e. The third-order valence-electron chi connectivity index (χ3n) is 8.64. The van der Waals surface area contributed by atoms with Crippen LogP contribution >= 0.6 is 11.6 Å². The van der Waals surface area contributed by atoms with Crippen LogP contribution in [0.3, 0.4) is 0 Å². The number of carbonyl (C=O) groups excluding carboxylic acids is 1. The van der Waals surface area contributed by atoms with Crippen LogP contribution in [0.4, 0.5) is 10.1 Å². The van der Waals surface area contributed by atoms with Gasteiger partial charge in [0.05, 0.1) is 28.2 Å². The van der Waals surface area contributed by atoms with Crippen LogP contribution in [0.2, 0.25) is 5.02 Å². The number of aryl methyl sites for hydroxylation is 1. The molecule has 0 radical (unpaired) electrons. The fourth-order valence-electron chi connectivity index (χ4n) is 6.82. The lowest BCUT2D eigenvalue weighted by Crippen LogP contribution is -2.42. The second-order valence-electron chi connectivity index (χ2n) is 11.1. The molecule has 3 saturated carbocycles. The van der Waals surface area contributed by atoms with Gasteiger partial charge in [-0.2, -0.15) is 0 Å². The van der Waals surface area contributed by atoms with Crippen LogP contribution < -0.4 is 5.32 Å². The molecule has 6 nitrogen and oxygen atoms in total. The summed E-state index contributed by atoms with van der Waals surface area (Å²) in [5.41, 5.74) is 0.503. The molecule has 3 aliphatic carbocycles. The molecule has 2 unspecified atom stereocenters. The van der Waals surface area contributed by atoms with Gasteiger partial charge in [-0.1, -0.05) is 11.6 Å². The first-order chi connectivity index (χ1) is 16.0. The van der Waals surface area contributed by atoms with Crippen molar-refractivity contribution in [3.63, 3.8) is 0 Å². The molecule has 3 N–H and O–H groups in total. The van der Waals surface area contributed by atoms with Crippen molar-refractivity contribution in [1.29, 1.82) is 0 Å². The van der Waals surface area contributed by atoms with Crippen LogP contribution in [-0.4, -0.2) is 36.9 Å². The maximum Gasteiger partial charge on any atom is 0.274 e. The van der Waals surface area contributed by atoms with Crippen LogP contribution in [0.25, 0.3) is 0 Å². The third kappa shape index (κ3) is 4.38. The van der Waals surface area contributed by atoms with Crippen LogP contribution in [0.1, 0.15) is 80.4 Å². The number of anilines is 1. The number of aromatic nitrogens is 2. The molecule has 1 aromatic carbocycles. The van der Waals surface area contributed by atoms with Gasteiger partial charge in [0.25, 0.3) is 5.91 Å². The highest BCUT2D eigenvalue weighted by Crippen LogP contribution is 2.57. The Morgan fingerprint density at radius 2 is 1.85 bits per heavy atom. The lowest BCUT2D eigenvalue weighted by molar-refractivity contribution is -0.0706. The van der Waals surface area contributed by atoms with E-state index in [4.69, 9.17) is 11.6 Å². The molecule has 3 fully saturated rings. The molecule has 0 saturated heterocycles. The molecule has 1 amide bonds. The highest BCUT2D eigenvalue weighted by atomic mass is 35.5. The van der Waals surface area contributed by atoms with Crippen LogP contribution in [0.15, 0.2) is 24.5 Å². The summed E-state index contributed by atoms with van der Waals surface area (Å²) in [7, 11) is 1.80. The molecule has 0 bridgehead atoms. The number of nitrogens with zero attached hydrogens (tertiary/aromatic N) is 2. The number of nitrogens with one attached hydrogen (secondary N) is 1. The molecule has 8 heteroatoms. The molecule has 0 spiro atoms. The predicted molar refractivity (Wildman–Crippen MR) is 128 cm³/mol. The molecule has 5 rings (SSSR count). The minimum absolute atomic E-state index is 0.0410. The first-order valence-electron chi connectivity index (χ1n) is 12.3. The van der Waals surface area contributed by atoms with Gasteiger partial charge in [-0.15, -0.1) is 0 Å². The number of amides is 1. The van der Waals surface area contributed by atoms with Crippen LogP contribution in [0, 0.1) is 23.6 Å². The Balaban J connectivity index is 1.27. The van der Waals surface area contributed by atoms with E-state index in [0.29, 0.717) is 23.2 Å². The Labute approximate surface area is 204 Å². The summed E-state index contributed by atoms with van der Waals surface area (Å²) in [4.78, 5) is 17.7. The van der Waals surface area contributed by atoms with Crippen molar-refractivity contribution < 1.29 is 19.4 Å². The molecular formula is C26H33ClFN3O3. The topological polar surface area (TPSA) is 87.4 Å². The minimum atomic E-state index is -0.636. The van der Waals surface area contributed by atoms with Crippen molar-refractivity contribution in [1.82, 2.24) is 9.55 Å². The molecule has 2 atom stereocenters. The van der Waals surface area contributed by atoms with Gasteiger partial charge in [-0.05, 0) is 94.2 Å². The van der Waals surface area contributed by atoms with E-state index in [2.05, 4.69) is 10.3 Å². The standard InChI is InChI=1S/C26H33ClFN3O3/c1-25(33)7-5-18(6-8-25)26(34)12-16-9-15(10-17(16)13-26)22-23(31(2)14-29-22)24(32)30-19-3-4-21(28)20(27)11-19/h3-4,11,14-18,33-34H,5-10,12-13H2,1-2H3,(H,30,32). The van der Waals surface area contributed by atoms with E-state index in [1.807, 2.05) is 6.92 Å². The maximum atomic E-state index is 13.5. The summed E-state index contributed by atoms with van der Waals surface area (Å²) in [5, 5.41) is 24.6. The molecule has 1 aromatic heterocycles. The number of carbonyl (C=O) groups is 1. The highest BCUT2D eigenvalue weighted by molar-refractivity contribution is 6.31. The zero-order chi connectivity index (χ0) is 24.3. The summed E-state index contributed by atoms with van der Waals surface area (Å²) >= 11 is 5.86. The Morgan fingerprint density at radius 1 is 1.21 bits per heavy atom. The number of benzene rings is 1. The first kappa shape index (κ1) is 23.8. The summed E-state index contributed by atoms with van der Waals surface area (Å²) in [6.07, 6.45) is 8.35. The van der Waals surface area contributed by atoms with E-state index in [0.717, 1.165) is 57.1 Å². The number of halogens is 2. The SMILES string of the molecule is Cn1cnc(C2CC3CC(O)(C4CCC(C)(O)CC4)CC3C2)c1C(=O)Nc1ccc(F)c(Cl)c1. The van der Waals surface area contributed by atoms with Crippen LogP contribution in [-0.2, 0) is 7.05 Å². The van der Waals surface area contributed by atoms with Gasteiger partial charge in [0, 0.05) is 18.7 Å². The van der Waals surface area contributed by atoms with Gasteiger partial charge < -0.3 is 20.1 Å². The van der Waals surface area contributed by atoms with Crippen molar-refractivity contribution in [2.45, 2.75) is 75.4 Å². The first-order valence-corrected chi connectivity index (χ1v) is 12.6. The van der Waals surface area contributed by atoms with Crippen molar-refractivity contribution in [2.75, 3.05) is 5.32 Å². The van der Waals surface area contributed by atoms with Gasteiger partial charge in [-0.3, -0.25) is 4.79 Å². The zero-order valence-electron chi connectivity index (χ0n) is 19.7. The molecule has 0 aliphatic heterocycles. The van der Waals surface area contributed by atoms with Gasteiger partial charge in [0.1, 0.15) is 11.5 Å². The molecular weight excluding hydrogens is 457 g/mol. The van der Waals surface area contributed by atoms with Crippen LogP contribution in [0.5, 0.6) is 0 Å². The van der Waals surface area contributed by atoms with Crippen molar-refractivity contribution in [3.05, 3.63) is 46.8 Å². The summed E-state index contributed by atoms with van der Waals surface area (Å²) in [6, 6.07) is 4.12. The average molecular weight is 490 g/mol. The third-order valence-corrected chi connectivity index (χ3v) is 8.93. The number of aliphatic hydroxyl groups is 2. The fraction of sp³-hybridized carbons (Fsp3) is 0.615. The number of fused-ring (bicyclic) bond motifs is 1. The molecule has 1 heterocycles. The predicted octanol–water partition coefficient (Wildman–Crippen LogP) is 5.04. The average Bonchev–Trinajstić information content (AvgIpc) is 3.41. The van der Waals surface area contributed by atoms with Gasteiger partial charge >= 0.3 is 0 Å². The van der Waals surface area contributed by atoms with Gasteiger partial charge in [0.2, 0.25) is 0 Å². The summed E-state index contributed by atoms with van der Waals surface area (Å²) < 4.78 is 15.2. The van der Waals surface area contributed by atoms with E-state index in [1.54, 1.807) is 17.9 Å². The normalized spacial score (nSPS) is 35.4. The van der Waals surface area contributed by atoms with E-state index in [-0.39, 0.29) is 22.8 Å². The summed E-state index contributed by atoms with van der Waals surface area (Å²) in [5.74, 6) is 0.454. The molecule has 3 aliphatic rings. The molecule has 184 valence electrons. The maximum absolute atomic E-state index is 13.5. The smallest absolute Gasteiger partial charge is 0.274 e. The minimum Gasteiger partial charge on any atom is -0.390 e. The number of hydrogen-bond acceptors (Lipinski definition) is 4. The zero-order valence-corrected chi connectivity index (χ0v) is 20.5. The number of rotatable bonds is 4. The van der Waals surface area contributed by atoms with E-state index >= 15 is 0 Å². The van der Waals surface area contributed by atoms with Crippen molar-refractivity contribution >= 4 is 23.2 Å². The Kier molecular flexibility index (Phi) is 6.02. The lowest BCUT2D eigenvalue weighted by Gasteiger charge is -2.41. The summed E-state index contributed by atoms with van der Waals surface area (Å²) in [6.45, 7) is 1.90. The monoisotopic (exact) mass is 489 g/mol. The lowest BCUT2D eigenvalue weighted by atomic mass is 9.70. The second kappa shape index (κ2) is 8.61. The molecule has 2 aromatic rings. The molecule has 34 heavy (non-hydrogen) atoms.